The van der Waals surface area contributed by atoms with Crippen molar-refractivity contribution < 1.29 is 23.9 Å². The fourth-order valence-electron chi connectivity index (χ4n) is 2.23. The second-order valence-corrected chi connectivity index (χ2v) is 7.68. The smallest absolute Gasteiger partial charge is 0.408 e. The molecule has 0 saturated carbocycles. The van der Waals surface area contributed by atoms with Crippen LogP contribution in [0.25, 0.3) is 0 Å². The molecule has 9 heteroatoms. The monoisotopic (exact) mass is 433 g/mol. The number of para-hydroxylation sites is 2. The molecule has 2 aromatic carbocycles. The molecule has 0 aliphatic heterocycles. The van der Waals surface area contributed by atoms with Crippen LogP contribution in [0, 0.1) is 0 Å². The molecule has 3 N–H and O–H groups in total. The molecule has 30 heavy (non-hydrogen) atoms. The van der Waals surface area contributed by atoms with E-state index in [0.717, 1.165) is 0 Å². The van der Waals surface area contributed by atoms with Crippen LogP contribution < -0.4 is 20.7 Å². The van der Waals surface area contributed by atoms with Crippen molar-refractivity contribution in [2.75, 3.05) is 23.8 Å². The predicted molar refractivity (Wildman–Crippen MR) is 115 cm³/mol. The van der Waals surface area contributed by atoms with Crippen LogP contribution in [0.1, 0.15) is 20.8 Å². The second kappa shape index (κ2) is 10.5. The molecule has 3 amide bonds. The standard InChI is InChI=1S/C21H24ClN3O5/c1-21(2,3)30-20(28)23-12-18(26)24-16-6-4-5-7-17(16)25-19(27)13-29-15-10-8-14(22)9-11-15/h4-11H,12-13H2,1-3H3,(H,23,28)(H,24,26)(H,25,27). The number of halogens is 1. The third-order valence-corrected chi connectivity index (χ3v) is 3.70. The molecule has 0 radical (unpaired) electrons. The lowest BCUT2D eigenvalue weighted by Crippen LogP contribution is -2.37. The average Bonchev–Trinajstić information content (AvgIpc) is 2.66. The van der Waals surface area contributed by atoms with E-state index in [1.54, 1.807) is 69.3 Å². The van der Waals surface area contributed by atoms with E-state index in [1.807, 2.05) is 0 Å². The molecular formula is C21H24ClN3O5. The Bertz CT molecular complexity index is 894. The highest BCUT2D eigenvalue weighted by Gasteiger charge is 2.17. The number of hydrogen-bond acceptors (Lipinski definition) is 5. The van der Waals surface area contributed by atoms with E-state index in [0.29, 0.717) is 22.1 Å². The number of rotatable bonds is 7. The van der Waals surface area contributed by atoms with E-state index in [-0.39, 0.29) is 13.2 Å². The maximum absolute atomic E-state index is 12.2. The molecule has 0 bridgehead atoms. The number of alkyl carbamates (subject to hydrolysis) is 1. The molecule has 0 saturated heterocycles. The number of benzene rings is 2. The van der Waals surface area contributed by atoms with Gasteiger partial charge in [0.2, 0.25) is 5.91 Å². The number of ether oxygens (including phenoxy) is 2. The van der Waals surface area contributed by atoms with Crippen LogP contribution in [-0.2, 0) is 14.3 Å². The minimum absolute atomic E-state index is 0.218. The highest BCUT2D eigenvalue weighted by molar-refractivity contribution is 6.30. The Balaban J connectivity index is 1.87. The van der Waals surface area contributed by atoms with Gasteiger partial charge in [-0.15, -0.1) is 0 Å². The minimum atomic E-state index is -0.696. The van der Waals surface area contributed by atoms with Gasteiger partial charge in [-0.25, -0.2) is 4.79 Å². The summed E-state index contributed by atoms with van der Waals surface area (Å²) in [5, 5.41) is 8.25. The van der Waals surface area contributed by atoms with Crippen molar-refractivity contribution >= 4 is 40.9 Å². The van der Waals surface area contributed by atoms with E-state index < -0.39 is 23.5 Å². The van der Waals surface area contributed by atoms with Gasteiger partial charge in [-0.2, -0.15) is 0 Å². The molecule has 0 aliphatic rings. The van der Waals surface area contributed by atoms with Crippen LogP contribution in [0.2, 0.25) is 5.02 Å². The largest absolute Gasteiger partial charge is 0.484 e. The predicted octanol–water partition coefficient (Wildman–Crippen LogP) is 3.82. The number of hydrogen-bond donors (Lipinski definition) is 3. The van der Waals surface area contributed by atoms with E-state index in [4.69, 9.17) is 21.1 Å². The first-order valence-electron chi connectivity index (χ1n) is 9.16. The van der Waals surface area contributed by atoms with E-state index in [1.165, 1.54) is 0 Å². The molecule has 0 spiro atoms. The first kappa shape index (κ1) is 23.0. The van der Waals surface area contributed by atoms with Crippen molar-refractivity contribution in [1.82, 2.24) is 5.32 Å². The lowest BCUT2D eigenvalue weighted by atomic mass is 10.2. The first-order chi connectivity index (χ1) is 14.1. The topological polar surface area (TPSA) is 106 Å². The number of amides is 3. The lowest BCUT2D eigenvalue weighted by Gasteiger charge is -2.19. The van der Waals surface area contributed by atoms with Gasteiger partial charge in [0.1, 0.15) is 17.9 Å². The highest BCUT2D eigenvalue weighted by atomic mass is 35.5. The highest BCUT2D eigenvalue weighted by Crippen LogP contribution is 2.21. The Kier molecular flexibility index (Phi) is 8.06. The average molecular weight is 434 g/mol. The summed E-state index contributed by atoms with van der Waals surface area (Å²) < 4.78 is 10.5. The number of carbonyl (C=O) groups is 3. The van der Waals surface area contributed by atoms with Crippen molar-refractivity contribution in [2.24, 2.45) is 0 Å². The first-order valence-corrected chi connectivity index (χ1v) is 9.54. The van der Waals surface area contributed by atoms with E-state index in [2.05, 4.69) is 16.0 Å². The quantitative estimate of drug-likeness (QED) is 0.615. The van der Waals surface area contributed by atoms with Crippen LogP contribution in [0.5, 0.6) is 5.75 Å². The summed E-state index contributed by atoms with van der Waals surface area (Å²) in [5.74, 6) is -0.372. The third-order valence-electron chi connectivity index (χ3n) is 3.45. The van der Waals surface area contributed by atoms with Crippen molar-refractivity contribution in [1.29, 1.82) is 0 Å². The number of anilines is 2. The normalized spacial score (nSPS) is 10.7. The van der Waals surface area contributed by atoms with Gasteiger partial charge in [0.05, 0.1) is 11.4 Å². The summed E-state index contributed by atoms with van der Waals surface area (Å²) in [6.07, 6.45) is -0.696. The lowest BCUT2D eigenvalue weighted by molar-refractivity contribution is -0.118. The number of carbonyl (C=O) groups excluding carboxylic acids is 3. The third kappa shape index (κ3) is 8.40. The van der Waals surface area contributed by atoms with Gasteiger partial charge in [0.15, 0.2) is 6.61 Å². The molecule has 2 aromatic rings. The molecule has 160 valence electrons. The van der Waals surface area contributed by atoms with Crippen molar-refractivity contribution in [3.05, 3.63) is 53.6 Å². The van der Waals surface area contributed by atoms with Gasteiger partial charge >= 0.3 is 6.09 Å². The Labute approximate surface area is 179 Å². The Morgan fingerprint density at radius 2 is 1.47 bits per heavy atom. The zero-order chi connectivity index (χ0) is 22.1. The van der Waals surface area contributed by atoms with E-state index in [9.17, 15) is 14.4 Å². The number of nitrogens with one attached hydrogen (secondary N) is 3. The molecule has 0 heterocycles. The summed E-state index contributed by atoms with van der Waals surface area (Å²) in [6, 6.07) is 13.3. The van der Waals surface area contributed by atoms with Crippen LogP contribution in [0.4, 0.5) is 16.2 Å². The minimum Gasteiger partial charge on any atom is -0.484 e. The van der Waals surface area contributed by atoms with Gasteiger partial charge in [-0.1, -0.05) is 23.7 Å². The van der Waals surface area contributed by atoms with Crippen molar-refractivity contribution in [2.45, 2.75) is 26.4 Å². The summed E-state index contributed by atoms with van der Waals surface area (Å²) in [6.45, 7) is 4.67. The summed E-state index contributed by atoms with van der Waals surface area (Å²) in [7, 11) is 0. The summed E-state index contributed by atoms with van der Waals surface area (Å²) >= 11 is 5.81. The van der Waals surface area contributed by atoms with Gasteiger partial charge < -0.3 is 25.4 Å². The van der Waals surface area contributed by atoms with Gasteiger partial charge in [-0.3, -0.25) is 9.59 Å². The molecule has 0 atom stereocenters. The molecule has 2 rings (SSSR count). The van der Waals surface area contributed by atoms with E-state index >= 15 is 0 Å². The van der Waals surface area contributed by atoms with Crippen LogP contribution in [0.3, 0.4) is 0 Å². The fraction of sp³-hybridized carbons (Fsp3) is 0.286. The molecule has 0 unspecified atom stereocenters. The van der Waals surface area contributed by atoms with Crippen LogP contribution in [-0.4, -0.2) is 36.7 Å². The molecule has 0 fully saturated rings. The van der Waals surface area contributed by atoms with Gasteiger partial charge in [-0.05, 0) is 57.2 Å². The molecular weight excluding hydrogens is 410 g/mol. The summed E-state index contributed by atoms with van der Waals surface area (Å²) in [4.78, 5) is 36.0. The molecule has 0 aromatic heterocycles. The zero-order valence-electron chi connectivity index (χ0n) is 17.0. The summed E-state index contributed by atoms with van der Waals surface area (Å²) in [5.41, 5.74) is 0.118. The van der Waals surface area contributed by atoms with Crippen molar-refractivity contribution in [3.63, 3.8) is 0 Å². The SMILES string of the molecule is CC(C)(C)OC(=O)NCC(=O)Nc1ccccc1NC(=O)COc1ccc(Cl)cc1. The Hall–Kier alpha value is -3.26. The molecule has 8 nitrogen and oxygen atoms in total. The Morgan fingerprint density at radius 3 is 2.03 bits per heavy atom. The molecule has 0 aliphatic carbocycles. The maximum Gasteiger partial charge on any atom is 0.408 e. The van der Waals surface area contributed by atoms with Crippen molar-refractivity contribution in [3.8, 4) is 5.75 Å². The fourth-order valence-corrected chi connectivity index (χ4v) is 2.35. The van der Waals surface area contributed by atoms with Gasteiger partial charge in [0, 0.05) is 5.02 Å². The Morgan fingerprint density at radius 1 is 0.900 bits per heavy atom. The van der Waals surface area contributed by atoms with Gasteiger partial charge in [0.25, 0.3) is 5.91 Å². The van der Waals surface area contributed by atoms with Crippen LogP contribution >= 0.6 is 11.6 Å². The zero-order valence-corrected chi connectivity index (χ0v) is 17.7. The maximum atomic E-state index is 12.2. The second-order valence-electron chi connectivity index (χ2n) is 7.24. The van der Waals surface area contributed by atoms with Crippen LogP contribution in [0.15, 0.2) is 48.5 Å².